The van der Waals surface area contributed by atoms with Crippen molar-refractivity contribution >= 4 is 60.8 Å². The Hall–Kier alpha value is -7.62. The molecule has 0 saturated heterocycles. The molecule has 2 aromatic heterocycles. The summed E-state index contributed by atoms with van der Waals surface area (Å²) in [5.41, 5.74) is 18.1. The quantitative estimate of drug-likeness (QED) is 0.168. The summed E-state index contributed by atoms with van der Waals surface area (Å²) in [4.78, 5) is 2.42. The van der Waals surface area contributed by atoms with Crippen molar-refractivity contribution < 1.29 is 4.42 Å². The maximum Gasteiger partial charge on any atom is 0.159 e. The third kappa shape index (κ3) is 5.02. The number of aromatic nitrogens is 1. The molecule has 60 heavy (non-hydrogen) atoms. The van der Waals surface area contributed by atoms with Gasteiger partial charge in [0, 0.05) is 49.5 Å². The molecular weight excluding hydrogens is 729 g/mol. The first-order chi connectivity index (χ1) is 29.6. The lowest BCUT2D eigenvalue weighted by molar-refractivity contribution is 0.660. The van der Waals surface area contributed by atoms with Gasteiger partial charge in [0.25, 0.3) is 0 Å². The summed E-state index contributed by atoms with van der Waals surface area (Å²) in [5.74, 6) is 0. The monoisotopic (exact) mass is 768 g/mol. The summed E-state index contributed by atoms with van der Waals surface area (Å²) >= 11 is 0. The van der Waals surface area contributed by atoms with Gasteiger partial charge in [-0.25, -0.2) is 0 Å². The predicted molar refractivity (Wildman–Crippen MR) is 251 cm³/mol. The van der Waals surface area contributed by atoms with Gasteiger partial charge in [0.1, 0.15) is 5.58 Å². The maximum absolute atomic E-state index is 7.32. The van der Waals surface area contributed by atoms with E-state index in [1.807, 2.05) is 0 Å². The van der Waals surface area contributed by atoms with Crippen LogP contribution in [0.2, 0.25) is 0 Å². The summed E-state index contributed by atoms with van der Waals surface area (Å²) in [7, 11) is 0. The number of rotatable bonds is 6. The molecule has 0 N–H and O–H groups in total. The fraction of sp³-hybridized carbons (Fsp3) is 0.0526. The van der Waals surface area contributed by atoms with Gasteiger partial charge in [-0.3, -0.25) is 0 Å². The number of anilines is 3. The van der Waals surface area contributed by atoms with E-state index in [2.05, 4.69) is 230 Å². The van der Waals surface area contributed by atoms with Gasteiger partial charge in [-0.2, -0.15) is 0 Å². The lowest BCUT2D eigenvalue weighted by Crippen LogP contribution is -2.16. The van der Waals surface area contributed by atoms with Crippen molar-refractivity contribution in [1.82, 2.24) is 4.57 Å². The van der Waals surface area contributed by atoms with Crippen LogP contribution in [0.25, 0.3) is 82.8 Å². The maximum atomic E-state index is 7.32. The standard InChI is InChI=1S/C57H40N2O/c1-57(2)47-27-11-9-21-45(47)54-48(57)28-16-31-51(54)59(40-35-33-38(34-36-40)37-17-5-3-6-18-37)52-32-15-26-44-43-25-13-24-42(55(43)60-56(44)52)41-23-14-30-50-53(41)46-22-10-12-29-49(46)58(50)39-19-7-4-8-20-39/h3-36H,1-2H3. The van der Waals surface area contributed by atoms with Gasteiger partial charge >= 0.3 is 0 Å². The molecule has 0 spiro atoms. The zero-order chi connectivity index (χ0) is 40.0. The molecule has 0 saturated carbocycles. The minimum Gasteiger partial charge on any atom is -0.453 e. The molecule has 11 aromatic rings. The van der Waals surface area contributed by atoms with E-state index in [-0.39, 0.29) is 5.41 Å². The van der Waals surface area contributed by atoms with Crippen LogP contribution >= 0.6 is 0 Å². The first kappa shape index (κ1) is 34.4. The number of benzene rings is 9. The van der Waals surface area contributed by atoms with E-state index in [1.54, 1.807) is 0 Å². The van der Waals surface area contributed by atoms with E-state index in [4.69, 9.17) is 4.42 Å². The van der Waals surface area contributed by atoms with Crippen LogP contribution in [0.15, 0.2) is 211 Å². The molecule has 0 amide bonds. The Bertz CT molecular complexity index is 3450. The SMILES string of the molecule is CC1(C)c2ccccc2-c2c(N(c3ccc(-c4ccccc4)cc3)c3cccc4c3oc3c(-c5cccc6c5c5ccccc5n6-c5ccccc5)cccc34)cccc21. The molecule has 9 aromatic carbocycles. The van der Waals surface area contributed by atoms with Gasteiger partial charge in [0.05, 0.1) is 22.4 Å². The fourth-order valence-electron chi connectivity index (χ4n) is 10.1. The predicted octanol–water partition coefficient (Wildman–Crippen LogP) is 15.8. The highest BCUT2D eigenvalue weighted by atomic mass is 16.3. The Labute approximate surface area is 349 Å². The average Bonchev–Trinajstić information content (AvgIpc) is 3.94. The smallest absolute Gasteiger partial charge is 0.159 e. The third-order valence-electron chi connectivity index (χ3n) is 12.8. The second-order valence-corrected chi connectivity index (χ2v) is 16.4. The van der Waals surface area contributed by atoms with Crippen LogP contribution in [0.4, 0.5) is 17.1 Å². The molecule has 0 fully saturated rings. The Kier molecular flexibility index (Phi) is 7.58. The van der Waals surface area contributed by atoms with E-state index in [0.717, 1.165) is 55.8 Å². The molecule has 2 heterocycles. The van der Waals surface area contributed by atoms with E-state index in [0.29, 0.717) is 0 Å². The van der Waals surface area contributed by atoms with Crippen LogP contribution < -0.4 is 4.90 Å². The highest BCUT2D eigenvalue weighted by Gasteiger charge is 2.38. The van der Waals surface area contributed by atoms with Crippen LogP contribution in [0.3, 0.4) is 0 Å². The van der Waals surface area contributed by atoms with Crippen LogP contribution in [0.5, 0.6) is 0 Å². The van der Waals surface area contributed by atoms with E-state index in [1.165, 1.54) is 55.2 Å². The minimum absolute atomic E-state index is 0.143. The Balaban J connectivity index is 1.11. The Morgan fingerprint density at radius 3 is 1.82 bits per heavy atom. The second kappa shape index (κ2) is 13.2. The molecule has 1 aliphatic carbocycles. The van der Waals surface area contributed by atoms with Gasteiger partial charge in [0.2, 0.25) is 0 Å². The lowest BCUT2D eigenvalue weighted by Gasteiger charge is -2.29. The number of furan rings is 1. The van der Waals surface area contributed by atoms with Gasteiger partial charge in [-0.15, -0.1) is 0 Å². The highest BCUT2D eigenvalue weighted by molar-refractivity contribution is 6.20. The fourth-order valence-corrected chi connectivity index (χ4v) is 10.1. The van der Waals surface area contributed by atoms with Crippen LogP contribution in [0.1, 0.15) is 25.0 Å². The summed E-state index contributed by atoms with van der Waals surface area (Å²) in [5, 5.41) is 4.61. The van der Waals surface area contributed by atoms with Crippen molar-refractivity contribution in [1.29, 1.82) is 0 Å². The van der Waals surface area contributed by atoms with Gasteiger partial charge < -0.3 is 13.9 Å². The van der Waals surface area contributed by atoms with Crippen molar-refractivity contribution in [2.24, 2.45) is 0 Å². The topological polar surface area (TPSA) is 21.3 Å². The molecule has 0 unspecified atom stereocenters. The number of fused-ring (bicyclic) bond motifs is 9. The summed E-state index contributed by atoms with van der Waals surface area (Å²) in [6, 6.07) is 74.6. The summed E-state index contributed by atoms with van der Waals surface area (Å²) in [6.07, 6.45) is 0. The average molecular weight is 769 g/mol. The van der Waals surface area contributed by atoms with Crippen molar-refractivity contribution in [2.45, 2.75) is 19.3 Å². The molecule has 0 atom stereocenters. The van der Waals surface area contributed by atoms with E-state index in [9.17, 15) is 0 Å². The van der Waals surface area contributed by atoms with Crippen LogP contribution in [0, 0.1) is 0 Å². The normalized spacial score (nSPS) is 13.0. The molecule has 3 heteroatoms. The first-order valence-electron chi connectivity index (χ1n) is 20.8. The van der Waals surface area contributed by atoms with Crippen molar-refractivity contribution in [3.8, 4) is 39.1 Å². The molecule has 0 aliphatic heterocycles. The van der Waals surface area contributed by atoms with Gasteiger partial charge in [0.15, 0.2) is 5.58 Å². The van der Waals surface area contributed by atoms with Crippen molar-refractivity contribution in [3.05, 3.63) is 217 Å². The minimum atomic E-state index is -0.143. The number of hydrogen-bond acceptors (Lipinski definition) is 2. The zero-order valence-electron chi connectivity index (χ0n) is 33.4. The zero-order valence-corrected chi connectivity index (χ0v) is 33.4. The van der Waals surface area contributed by atoms with Crippen LogP contribution in [-0.4, -0.2) is 4.57 Å². The van der Waals surface area contributed by atoms with E-state index < -0.39 is 0 Å². The molecule has 0 bridgehead atoms. The largest absolute Gasteiger partial charge is 0.453 e. The molecular formula is C57H40N2O. The number of para-hydroxylation sites is 4. The third-order valence-corrected chi connectivity index (χ3v) is 12.8. The van der Waals surface area contributed by atoms with Crippen molar-refractivity contribution in [2.75, 3.05) is 4.90 Å². The number of nitrogens with zero attached hydrogens (tertiary/aromatic N) is 2. The molecule has 284 valence electrons. The summed E-state index contributed by atoms with van der Waals surface area (Å²) < 4.78 is 9.70. The second-order valence-electron chi connectivity index (χ2n) is 16.4. The number of hydrogen-bond donors (Lipinski definition) is 0. The summed E-state index contributed by atoms with van der Waals surface area (Å²) in [6.45, 7) is 4.69. The molecule has 3 nitrogen and oxygen atoms in total. The van der Waals surface area contributed by atoms with Gasteiger partial charge in [-0.05, 0) is 81.9 Å². The Morgan fingerprint density at radius 2 is 0.983 bits per heavy atom. The lowest BCUT2D eigenvalue weighted by atomic mass is 9.82. The Morgan fingerprint density at radius 1 is 0.417 bits per heavy atom. The van der Waals surface area contributed by atoms with Crippen molar-refractivity contribution in [3.63, 3.8) is 0 Å². The van der Waals surface area contributed by atoms with Gasteiger partial charge in [-0.1, -0.05) is 172 Å². The molecule has 0 radical (unpaired) electrons. The molecule has 12 rings (SSSR count). The van der Waals surface area contributed by atoms with Crippen LogP contribution in [-0.2, 0) is 5.41 Å². The molecule has 1 aliphatic rings. The van der Waals surface area contributed by atoms with E-state index >= 15 is 0 Å². The highest BCUT2D eigenvalue weighted by Crippen LogP contribution is 2.55. The first-order valence-corrected chi connectivity index (χ1v) is 20.8.